The minimum atomic E-state index is 0.123. The smallest absolute Gasteiger partial charge is 0.219 e. The Kier molecular flexibility index (Phi) is 4.19. The van der Waals surface area contributed by atoms with Crippen molar-refractivity contribution in [1.82, 2.24) is 24.9 Å². The lowest BCUT2D eigenvalue weighted by atomic mass is 9.96. The second kappa shape index (κ2) is 6.76. The molecule has 29 heavy (non-hydrogen) atoms. The third-order valence-electron chi connectivity index (χ3n) is 6.14. The molecule has 7 heteroatoms. The van der Waals surface area contributed by atoms with Gasteiger partial charge in [0.25, 0.3) is 0 Å². The van der Waals surface area contributed by atoms with Crippen molar-refractivity contribution in [3.63, 3.8) is 0 Å². The van der Waals surface area contributed by atoms with Crippen LogP contribution in [0.15, 0.2) is 24.4 Å². The van der Waals surface area contributed by atoms with Crippen LogP contribution in [0.3, 0.4) is 0 Å². The number of benzene rings is 1. The highest BCUT2D eigenvalue weighted by Crippen LogP contribution is 2.38. The summed E-state index contributed by atoms with van der Waals surface area (Å²) in [5.74, 6) is 1.09. The van der Waals surface area contributed by atoms with Gasteiger partial charge in [-0.2, -0.15) is 10.2 Å². The number of rotatable bonds is 2. The number of nitrogens with zero attached hydrogens (tertiary/aromatic N) is 5. The molecule has 2 aromatic heterocycles. The van der Waals surface area contributed by atoms with Gasteiger partial charge in [-0.1, -0.05) is 6.07 Å². The summed E-state index contributed by atoms with van der Waals surface area (Å²) < 4.78 is 1.87. The summed E-state index contributed by atoms with van der Waals surface area (Å²) >= 11 is 0. The zero-order valence-electron chi connectivity index (χ0n) is 17.2. The van der Waals surface area contributed by atoms with Crippen LogP contribution >= 0.6 is 0 Å². The van der Waals surface area contributed by atoms with Gasteiger partial charge in [0, 0.05) is 62.2 Å². The molecule has 0 spiro atoms. The fourth-order valence-electron chi connectivity index (χ4n) is 4.64. The quantitative estimate of drug-likeness (QED) is 0.730. The lowest BCUT2D eigenvalue weighted by molar-refractivity contribution is -0.129. The van der Waals surface area contributed by atoms with Gasteiger partial charge >= 0.3 is 0 Å². The van der Waals surface area contributed by atoms with Crippen molar-refractivity contribution >= 4 is 17.4 Å². The number of amides is 1. The highest BCUT2D eigenvalue weighted by atomic mass is 16.2. The van der Waals surface area contributed by atoms with Gasteiger partial charge in [0.15, 0.2) is 5.82 Å². The van der Waals surface area contributed by atoms with E-state index in [4.69, 9.17) is 0 Å². The normalized spacial score (nSPS) is 16.0. The second-order valence-corrected chi connectivity index (χ2v) is 8.10. The maximum atomic E-state index is 11.9. The van der Waals surface area contributed by atoms with Crippen molar-refractivity contribution in [1.29, 1.82) is 0 Å². The van der Waals surface area contributed by atoms with E-state index in [0.717, 1.165) is 55.1 Å². The van der Waals surface area contributed by atoms with Gasteiger partial charge in [0.1, 0.15) is 0 Å². The second-order valence-electron chi connectivity index (χ2n) is 8.10. The molecule has 1 aromatic carbocycles. The van der Waals surface area contributed by atoms with Crippen LogP contribution in [0.2, 0.25) is 0 Å². The molecule has 0 atom stereocenters. The first kappa shape index (κ1) is 18.0. The first-order chi connectivity index (χ1) is 14.0. The standard InChI is InChI=1S/C22H26N6O/c1-14-18(12-26(3)25-14)16-6-7-21-17(11-16)5-4-9-28(21)22-19-13-27(15(2)29)10-8-20(19)23-24-22/h6-7,11-12H,4-5,8-10,13H2,1-3H3,(H,23,24). The summed E-state index contributed by atoms with van der Waals surface area (Å²) in [7, 11) is 1.96. The number of hydrogen-bond acceptors (Lipinski definition) is 4. The van der Waals surface area contributed by atoms with E-state index in [-0.39, 0.29) is 5.91 Å². The van der Waals surface area contributed by atoms with E-state index in [0.29, 0.717) is 6.54 Å². The summed E-state index contributed by atoms with van der Waals surface area (Å²) in [4.78, 5) is 16.1. The maximum absolute atomic E-state index is 11.9. The number of carbonyl (C=O) groups excluding carboxylic acids is 1. The van der Waals surface area contributed by atoms with Gasteiger partial charge in [-0.05, 0) is 43.0 Å². The lowest BCUT2D eigenvalue weighted by Crippen LogP contribution is -2.35. The number of fused-ring (bicyclic) bond motifs is 2. The number of anilines is 2. The Morgan fingerprint density at radius 2 is 2.07 bits per heavy atom. The van der Waals surface area contributed by atoms with E-state index in [1.807, 2.05) is 16.6 Å². The molecule has 5 rings (SSSR count). The summed E-state index contributed by atoms with van der Waals surface area (Å²) in [6, 6.07) is 6.69. The Labute approximate surface area is 170 Å². The summed E-state index contributed by atoms with van der Waals surface area (Å²) in [6.45, 7) is 6.03. The number of hydrogen-bond donors (Lipinski definition) is 1. The van der Waals surface area contributed by atoms with Gasteiger partial charge < -0.3 is 9.80 Å². The third-order valence-corrected chi connectivity index (χ3v) is 6.14. The van der Waals surface area contributed by atoms with Crippen LogP contribution in [0.4, 0.5) is 11.5 Å². The molecule has 1 amide bonds. The number of aromatic amines is 1. The number of nitrogens with one attached hydrogen (secondary N) is 1. The molecule has 1 N–H and O–H groups in total. The molecule has 0 unspecified atom stereocenters. The fourth-order valence-corrected chi connectivity index (χ4v) is 4.64. The topological polar surface area (TPSA) is 70.1 Å². The Bertz CT molecular complexity index is 1090. The van der Waals surface area contributed by atoms with Gasteiger partial charge in [0.2, 0.25) is 5.91 Å². The maximum Gasteiger partial charge on any atom is 0.219 e. The first-order valence-electron chi connectivity index (χ1n) is 10.2. The Morgan fingerprint density at radius 3 is 2.83 bits per heavy atom. The molecular weight excluding hydrogens is 364 g/mol. The number of aromatic nitrogens is 4. The van der Waals surface area contributed by atoms with E-state index in [1.54, 1.807) is 6.92 Å². The van der Waals surface area contributed by atoms with Crippen LogP contribution in [-0.4, -0.2) is 43.9 Å². The minimum absolute atomic E-state index is 0.123. The largest absolute Gasteiger partial charge is 0.338 e. The Morgan fingerprint density at radius 1 is 1.21 bits per heavy atom. The zero-order chi connectivity index (χ0) is 20.1. The van der Waals surface area contributed by atoms with Crippen LogP contribution in [0, 0.1) is 6.92 Å². The van der Waals surface area contributed by atoms with Crippen LogP contribution in [0.1, 0.15) is 35.9 Å². The molecule has 150 valence electrons. The van der Waals surface area contributed by atoms with E-state index < -0.39 is 0 Å². The summed E-state index contributed by atoms with van der Waals surface area (Å²) in [5.41, 5.74) is 8.32. The molecular formula is C22H26N6O. The van der Waals surface area contributed by atoms with Crippen molar-refractivity contribution < 1.29 is 4.79 Å². The van der Waals surface area contributed by atoms with Crippen molar-refractivity contribution in [2.24, 2.45) is 7.05 Å². The summed E-state index contributed by atoms with van der Waals surface area (Å²) in [5, 5.41) is 12.4. The lowest BCUT2D eigenvalue weighted by Gasteiger charge is -2.32. The molecule has 3 aromatic rings. The predicted octanol–water partition coefficient (Wildman–Crippen LogP) is 3.11. The number of H-pyrrole nitrogens is 1. The van der Waals surface area contributed by atoms with E-state index >= 15 is 0 Å². The average Bonchev–Trinajstić information content (AvgIpc) is 3.28. The highest BCUT2D eigenvalue weighted by Gasteiger charge is 2.29. The molecule has 0 saturated heterocycles. The molecule has 0 aliphatic carbocycles. The van der Waals surface area contributed by atoms with Crippen molar-refractivity contribution in [2.45, 2.75) is 39.7 Å². The van der Waals surface area contributed by atoms with E-state index in [9.17, 15) is 4.79 Å². The first-order valence-corrected chi connectivity index (χ1v) is 10.2. The molecule has 7 nitrogen and oxygen atoms in total. The van der Waals surface area contributed by atoms with Gasteiger partial charge in [-0.15, -0.1) is 0 Å². The summed E-state index contributed by atoms with van der Waals surface area (Å²) in [6.07, 6.45) is 5.06. The van der Waals surface area contributed by atoms with Crippen molar-refractivity contribution in [2.75, 3.05) is 18.0 Å². The molecule has 0 radical (unpaired) electrons. The van der Waals surface area contributed by atoms with E-state index in [2.05, 4.69) is 51.5 Å². The SMILES string of the molecule is CC(=O)N1CCc2[nH]nc(N3CCCc4cc(-c5cn(C)nc5C)ccc43)c2C1. The molecule has 0 fully saturated rings. The van der Waals surface area contributed by atoms with E-state index in [1.165, 1.54) is 22.4 Å². The monoisotopic (exact) mass is 390 g/mol. The van der Waals surface area contributed by atoms with Crippen molar-refractivity contribution in [3.05, 3.63) is 46.9 Å². The highest BCUT2D eigenvalue weighted by molar-refractivity contribution is 5.76. The number of carbonyl (C=O) groups is 1. The zero-order valence-corrected chi connectivity index (χ0v) is 17.2. The van der Waals surface area contributed by atoms with Gasteiger partial charge in [-0.25, -0.2) is 0 Å². The third kappa shape index (κ3) is 3.01. The van der Waals surface area contributed by atoms with Gasteiger partial charge in [-0.3, -0.25) is 14.6 Å². The average molecular weight is 390 g/mol. The fraction of sp³-hybridized carbons (Fsp3) is 0.409. The molecule has 2 aliphatic rings. The van der Waals surface area contributed by atoms with Gasteiger partial charge in [0.05, 0.1) is 12.2 Å². The van der Waals surface area contributed by atoms with Crippen molar-refractivity contribution in [3.8, 4) is 11.1 Å². The molecule has 0 saturated carbocycles. The van der Waals surface area contributed by atoms with Crippen LogP contribution in [0.25, 0.3) is 11.1 Å². The Hall–Kier alpha value is -3.09. The molecule has 2 aliphatic heterocycles. The Balaban J connectivity index is 1.52. The molecule has 0 bridgehead atoms. The van der Waals surface area contributed by atoms with Crippen LogP contribution in [-0.2, 0) is 31.2 Å². The molecule has 4 heterocycles. The number of aryl methyl sites for hydroxylation is 3. The predicted molar refractivity (Wildman–Crippen MR) is 112 cm³/mol. The van der Waals surface area contributed by atoms with Crippen LogP contribution in [0.5, 0.6) is 0 Å². The minimum Gasteiger partial charge on any atom is -0.338 e. The van der Waals surface area contributed by atoms with Crippen LogP contribution < -0.4 is 4.90 Å².